The van der Waals surface area contributed by atoms with Gasteiger partial charge < -0.3 is 0 Å². The van der Waals surface area contributed by atoms with Crippen LogP contribution in [0.25, 0.3) is 5.69 Å². The third-order valence-electron chi connectivity index (χ3n) is 3.28. The molecule has 0 spiro atoms. The lowest BCUT2D eigenvalue weighted by Gasteiger charge is -2.02. The van der Waals surface area contributed by atoms with Crippen molar-refractivity contribution in [3.05, 3.63) is 50.8 Å². The Labute approximate surface area is 119 Å². The van der Waals surface area contributed by atoms with Gasteiger partial charge in [-0.05, 0) is 25.0 Å². The molecule has 102 valence electrons. The number of hydrogen-bond donors (Lipinski definition) is 0. The van der Waals surface area contributed by atoms with E-state index in [1.807, 2.05) is 0 Å². The van der Waals surface area contributed by atoms with Crippen molar-refractivity contribution in [2.75, 3.05) is 0 Å². The number of aldehydes is 1. The topological polar surface area (TPSA) is 78.0 Å². The number of nitro benzene ring substituents is 1. The lowest BCUT2D eigenvalue weighted by atomic mass is 10.2. The van der Waals surface area contributed by atoms with Gasteiger partial charge in [0.25, 0.3) is 5.69 Å². The number of carbonyl (C=O) groups is 1. The fourth-order valence-corrected chi connectivity index (χ4v) is 2.36. The average molecular weight is 292 g/mol. The van der Waals surface area contributed by atoms with E-state index in [9.17, 15) is 14.9 Å². The van der Waals surface area contributed by atoms with Crippen molar-refractivity contribution in [1.29, 1.82) is 0 Å². The van der Waals surface area contributed by atoms with E-state index in [1.165, 1.54) is 16.8 Å². The maximum atomic E-state index is 11.1. The molecule has 1 aliphatic rings. The quantitative estimate of drug-likeness (QED) is 0.492. The van der Waals surface area contributed by atoms with Crippen LogP contribution in [0.4, 0.5) is 5.69 Å². The van der Waals surface area contributed by atoms with E-state index in [2.05, 4.69) is 5.10 Å². The number of nitrogens with zero attached hydrogens (tertiary/aromatic N) is 3. The molecule has 6 nitrogen and oxygen atoms in total. The first-order valence-corrected chi connectivity index (χ1v) is 6.48. The van der Waals surface area contributed by atoms with Crippen molar-refractivity contribution < 1.29 is 9.72 Å². The van der Waals surface area contributed by atoms with Gasteiger partial charge in [-0.25, -0.2) is 4.68 Å². The maximum Gasteiger partial charge on any atom is 0.269 e. The second-order valence-electron chi connectivity index (χ2n) is 4.67. The summed E-state index contributed by atoms with van der Waals surface area (Å²) in [5, 5.41) is 15.2. The first-order chi connectivity index (χ1) is 9.61. The molecule has 1 saturated carbocycles. The highest BCUT2D eigenvalue weighted by atomic mass is 35.5. The van der Waals surface area contributed by atoms with Crippen molar-refractivity contribution in [2.45, 2.75) is 18.8 Å². The van der Waals surface area contributed by atoms with Gasteiger partial charge in [-0.15, -0.1) is 0 Å². The highest BCUT2D eigenvalue weighted by Gasteiger charge is 2.31. The van der Waals surface area contributed by atoms with Gasteiger partial charge in [0.2, 0.25) is 0 Å². The SMILES string of the molecule is O=Cc1c(C2CC2)nn(-c2ccc([N+](=O)[O-])cc2)c1Cl. The Bertz CT molecular complexity index is 690. The number of non-ortho nitro benzene ring substituents is 1. The molecule has 7 heteroatoms. The zero-order chi connectivity index (χ0) is 14.3. The Balaban J connectivity index is 2.05. The molecule has 1 aliphatic carbocycles. The minimum atomic E-state index is -0.471. The van der Waals surface area contributed by atoms with Crippen LogP contribution in [-0.2, 0) is 0 Å². The number of rotatable bonds is 4. The fourth-order valence-electron chi connectivity index (χ4n) is 2.08. The molecule has 0 unspecified atom stereocenters. The highest BCUT2D eigenvalue weighted by Crippen LogP contribution is 2.42. The monoisotopic (exact) mass is 291 g/mol. The van der Waals surface area contributed by atoms with Gasteiger partial charge in [0.1, 0.15) is 5.15 Å². The molecule has 0 saturated heterocycles. The summed E-state index contributed by atoms with van der Waals surface area (Å²) in [6.45, 7) is 0. The van der Waals surface area contributed by atoms with Crippen molar-refractivity contribution in [2.24, 2.45) is 0 Å². The predicted molar refractivity (Wildman–Crippen MR) is 72.6 cm³/mol. The third kappa shape index (κ3) is 2.08. The van der Waals surface area contributed by atoms with Gasteiger partial charge >= 0.3 is 0 Å². The zero-order valence-corrected chi connectivity index (χ0v) is 11.1. The molecule has 1 aromatic heterocycles. The van der Waals surface area contributed by atoms with Crippen LogP contribution in [0.2, 0.25) is 5.15 Å². The van der Waals surface area contributed by atoms with Crippen LogP contribution >= 0.6 is 11.6 Å². The molecule has 2 aromatic rings. The van der Waals surface area contributed by atoms with E-state index in [0.717, 1.165) is 12.8 Å². The molecule has 0 radical (unpaired) electrons. The van der Waals surface area contributed by atoms with E-state index in [-0.39, 0.29) is 10.8 Å². The Morgan fingerprint density at radius 1 is 1.35 bits per heavy atom. The minimum absolute atomic E-state index is 0.00458. The standard InChI is InChI=1S/C13H10ClN3O3/c14-13-11(7-18)12(8-1-2-8)15-16(13)9-3-5-10(6-4-9)17(19)20/h3-8H,1-2H2. The molecule has 0 N–H and O–H groups in total. The van der Waals surface area contributed by atoms with Crippen LogP contribution in [0.5, 0.6) is 0 Å². The van der Waals surface area contributed by atoms with Crippen LogP contribution in [0.1, 0.15) is 34.8 Å². The molecule has 1 aromatic carbocycles. The van der Waals surface area contributed by atoms with E-state index in [0.29, 0.717) is 29.1 Å². The summed E-state index contributed by atoms with van der Waals surface area (Å²) >= 11 is 6.17. The second-order valence-corrected chi connectivity index (χ2v) is 5.03. The Kier molecular flexibility index (Phi) is 3.02. The number of benzene rings is 1. The Morgan fingerprint density at radius 2 is 2.00 bits per heavy atom. The predicted octanol–water partition coefficient (Wildman–Crippen LogP) is 3.12. The minimum Gasteiger partial charge on any atom is -0.298 e. The van der Waals surface area contributed by atoms with Gasteiger partial charge in [0.15, 0.2) is 6.29 Å². The van der Waals surface area contributed by atoms with Crippen molar-refractivity contribution >= 4 is 23.6 Å². The van der Waals surface area contributed by atoms with E-state index >= 15 is 0 Å². The molecule has 0 aliphatic heterocycles. The summed E-state index contributed by atoms with van der Waals surface area (Å²) in [5.74, 6) is 0.298. The number of nitro groups is 1. The largest absolute Gasteiger partial charge is 0.298 e. The highest BCUT2D eigenvalue weighted by molar-refractivity contribution is 6.32. The summed E-state index contributed by atoms with van der Waals surface area (Å²) in [5.41, 5.74) is 1.71. The lowest BCUT2D eigenvalue weighted by molar-refractivity contribution is -0.384. The summed E-state index contributed by atoms with van der Waals surface area (Å²) in [4.78, 5) is 21.3. The van der Waals surface area contributed by atoms with E-state index < -0.39 is 4.92 Å². The van der Waals surface area contributed by atoms with E-state index in [4.69, 9.17) is 11.6 Å². The average Bonchev–Trinajstić information content (AvgIpc) is 3.23. The fraction of sp³-hybridized carbons (Fsp3) is 0.231. The molecule has 0 atom stereocenters. The molecular weight excluding hydrogens is 282 g/mol. The van der Waals surface area contributed by atoms with Crippen LogP contribution < -0.4 is 0 Å². The van der Waals surface area contributed by atoms with Gasteiger partial charge in [0, 0.05) is 18.1 Å². The summed E-state index contributed by atoms with van der Waals surface area (Å²) in [6, 6.07) is 5.87. The van der Waals surface area contributed by atoms with Gasteiger partial charge in [-0.2, -0.15) is 5.10 Å². The first-order valence-electron chi connectivity index (χ1n) is 6.10. The third-order valence-corrected chi connectivity index (χ3v) is 3.64. The first kappa shape index (κ1) is 12.8. The van der Waals surface area contributed by atoms with E-state index in [1.54, 1.807) is 12.1 Å². The Morgan fingerprint density at radius 3 is 2.50 bits per heavy atom. The second kappa shape index (κ2) is 4.72. The van der Waals surface area contributed by atoms with Gasteiger partial charge in [-0.1, -0.05) is 11.6 Å². The molecule has 0 amide bonds. The Hall–Kier alpha value is -2.21. The van der Waals surface area contributed by atoms with Crippen molar-refractivity contribution in [1.82, 2.24) is 9.78 Å². The smallest absolute Gasteiger partial charge is 0.269 e. The molecule has 20 heavy (non-hydrogen) atoms. The van der Waals surface area contributed by atoms with Crippen molar-refractivity contribution in [3.63, 3.8) is 0 Å². The van der Waals surface area contributed by atoms with Crippen molar-refractivity contribution in [3.8, 4) is 5.69 Å². The number of halogens is 1. The molecule has 1 heterocycles. The molecular formula is C13H10ClN3O3. The number of aromatic nitrogens is 2. The molecule has 3 rings (SSSR count). The summed E-state index contributed by atoms with van der Waals surface area (Å²) in [7, 11) is 0. The zero-order valence-electron chi connectivity index (χ0n) is 10.3. The lowest BCUT2D eigenvalue weighted by Crippen LogP contribution is -1.97. The van der Waals surface area contributed by atoms with Crippen LogP contribution in [0.15, 0.2) is 24.3 Å². The van der Waals surface area contributed by atoms with Crippen LogP contribution in [0.3, 0.4) is 0 Å². The van der Waals surface area contributed by atoms with Gasteiger partial charge in [0.05, 0.1) is 21.9 Å². The summed E-state index contributed by atoms with van der Waals surface area (Å²) < 4.78 is 1.45. The summed E-state index contributed by atoms with van der Waals surface area (Å²) in [6.07, 6.45) is 2.73. The number of carbonyl (C=O) groups excluding carboxylic acids is 1. The molecule has 0 bridgehead atoms. The molecule has 1 fully saturated rings. The van der Waals surface area contributed by atoms with Crippen LogP contribution in [0, 0.1) is 10.1 Å². The number of hydrogen-bond acceptors (Lipinski definition) is 4. The van der Waals surface area contributed by atoms with Crippen LogP contribution in [-0.4, -0.2) is 21.0 Å². The van der Waals surface area contributed by atoms with Gasteiger partial charge in [-0.3, -0.25) is 14.9 Å². The normalized spacial score (nSPS) is 14.2. The maximum absolute atomic E-state index is 11.1.